The Labute approximate surface area is 198 Å². The van der Waals surface area contributed by atoms with Gasteiger partial charge in [0.15, 0.2) is 0 Å². The number of fused-ring (bicyclic) bond motifs is 1. The number of aryl methyl sites for hydroxylation is 2. The number of furan rings is 1. The number of benzene rings is 2. The largest absolute Gasteiger partial charge is 0.464 e. The highest BCUT2D eigenvalue weighted by Gasteiger charge is 2.12. The molecule has 1 unspecified atom stereocenters. The molecule has 1 atom stereocenters. The van der Waals surface area contributed by atoms with Gasteiger partial charge in [-0.05, 0) is 67.8 Å². The average molecular weight is 446 g/mol. The number of nitrogens with one attached hydrogen (secondary N) is 1. The predicted molar refractivity (Wildman–Crippen MR) is 133 cm³/mol. The summed E-state index contributed by atoms with van der Waals surface area (Å²) in [5, 5.41) is 13.8. The van der Waals surface area contributed by atoms with Crippen LogP contribution in [-0.4, -0.2) is 15.0 Å². The van der Waals surface area contributed by atoms with Gasteiger partial charge in [-0.1, -0.05) is 18.2 Å². The van der Waals surface area contributed by atoms with Gasteiger partial charge in [0.05, 0.1) is 17.5 Å². The lowest BCUT2D eigenvalue weighted by Crippen LogP contribution is -2.09. The van der Waals surface area contributed by atoms with Crippen molar-refractivity contribution in [2.24, 2.45) is 0 Å². The molecule has 0 spiro atoms. The fourth-order valence-electron chi connectivity index (χ4n) is 4.06. The molecular formula is C28H23N5O. The van der Waals surface area contributed by atoms with Crippen LogP contribution in [0.1, 0.15) is 35.5 Å². The summed E-state index contributed by atoms with van der Waals surface area (Å²) in [7, 11) is 0. The molecule has 5 aromatic rings. The first kappa shape index (κ1) is 21.4. The Morgan fingerprint density at radius 3 is 2.68 bits per heavy atom. The molecule has 2 aromatic carbocycles. The lowest BCUT2D eigenvalue weighted by molar-refractivity contribution is 0.613. The second kappa shape index (κ2) is 8.80. The molecule has 1 N–H and O–H groups in total. The van der Waals surface area contributed by atoms with Crippen molar-refractivity contribution in [2.45, 2.75) is 26.8 Å². The monoisotopic (exact) mass is 445 g/mol. The smallest absolute Gasteiger partial charge is 0.134 e. The summed E-state index contributed by atoms with van der Waals surface area (Å²) in [6, 6.07) is 20.3. The highest BCUT2D eigenvalue weighted by molar-refractivity contribution is 5.85. The van der Waals surface area contributed by atoms with Crippen LogP contribution in [-0.2, 0) is 0 Å². The summed E-state index contributed by atoms with van der Waals surface area (Å²) in [5.74, 6) is 1.46. The Morgan fingerprint density at radius 1 is 0.941 bits per heavy atom. The zero-order chi connectivity index (χ0) is 23.7. The van der Waals surface area contributed by atoms with Crippen LogP contribution in [0.4, 0.5) is 5.82 Å². The van der Waals surface area contributed by atoms with Crippen molar-refractivity contribution in [3.63, 3.8) is 0 Å². The standard InChI is InChI=1S/C28H23N5O/c1-17-16-34-27-8-7-23(11-25(17)27)26-12-28(33-19(3)32-26)31-18(2)21-5-4-6-22(10-21)24-9-20(13-29)14-30-15-24/h4-12,14-16,18H,1-3H3,(H,31,32,33). The van der Waals surface area contributed by atoms with Gasteiger partial charge in [-0.3, -0.25) is 4.98 Å². The van der Waals surface area contributed by atoms with E-state index in [4.69, 9.17) is 4.42 Å². The molecule has 0 aliphatic carbocycles. The summed E-state index contributed by atoms with van der Waals surface area (Å²) in [5.41, 5.74) is 7.43. The van der Waals surface area contributed by atoms with Gasteiger partial charge in [-0.25, -0.2) is 9.97 Å². The van der Waals surface area contributed by atoms with E-state index >= 15 is 0 Å². The third kappa shape index (κ3) is 4.24. The minimum atomic E-state index is 0.00723. The van der Waals surface area contributed by atoms with Gasteiger partial charge in [0.2, 0.25) is 0 Å². The van der Waals surface area contributed by atoms with Crippen molar-refractivity contribution in [3.8, 4) is 28.5 Å². The van der Waals surface area contributed by atoms with Gasteiger partial charge in [0.1, 0.15) is 23.3 Å². The molecule has 0 bridgehead atoms. The fraction of sp³-hybridized carbons (Fsp3) is 0.143. The Hall–Kier alpha value is -4.50. The normalized spacial score (nSPS) is 11.8. The van der Waals surface area contributed by atoms with E-state index in [2.05, 4.69) is 51.5 Å². The summed E-state index contributed by atoms with van der Waals surface area (Å²) in [4.78, 5) is 13.5. The van der Waals surface area contributed by atoms with Crippen LogP contribution in [0.3, 0.4) is 0 Å². The van der Waals surface area contributed by atoms with Gasteiger partial charge in [0.25, 0.3) is 0 Å². The molecule has 6 heteroatoms. The number of hydrogen-bond donors (Lipinski definition) is 1. The topological polar surface area (TPSA) is 87.6 Å². The molecule has 0 amide bonds. The highest BCUT2D eigenvalue weighted by Crippen LogP contribution is 2.29. The Bertz CT molecular complexity index is 1550. The Morgan fingerprint density at radius 2 is 1.82 bits per heavy atom. The van der Waals surface area contributed by atoms with Crippen LogP contribution in [0.5, 0.6) is 0 Å². The third-order valence-corrected chi connectivity index (χ3v) is 5.85. The predicted octanol–water partition coefficient (Wildman–Crippen LogP) is 6.61. The number of nitriles is 1. The first-order valence-electron chi connectivity index (χ1n) is 11.1. The van der Waals surface area contributed by atoms with E-state index in [9.17, 15) is 5.26 Å². The number of rotatable bonds is 5. The molecule has 5 rings (SSSR count). The van der Waals surface area contributed by atoms with E-state index in [1.54, 1.807) is 18.7 Å². The molecule has 34 heavy (non-hydrogen) atoms. The molecule has 0 aliphatic rings. The number of aromatic nitrogens is 3. The second-order valence-corrected chi connectivity index (χ2v) is 8.38. The summed E-state index contributed by atoms with van der Waals surface area (Å²) in [6.07, 6.45) is 5.12. The first-order valence-corrected chi connectivity index (χ1v) is 11.1. The molecule has 3 heterocycles. The molecule has 3 aromatic heterocycles. The van der Waals surface area contributed by atoms with Crippen LogP contribution in [0.15, 0.2) is 77.7 Å². The second-order valence-electron chi connectivity index (χ2n) is 8.38. The lowest BCUT2D eigenvalue weighted by atomic mass is 10.0. The maximum Gasteiger partial charge on any atom is 0.134 e. The molecule has 0 saturated heterocycles. The average Bonchev–Trinajstić information content (AvgIpc) is 3.23. The Kier molecular flexibility index (Phi) is 5.52. The number of nitrogens with zero attached hydrogens (tertiary/aromatic N) is 4. The zero-order valence-electron chi connectivity index (χ0n) is 19.2. The van der Waals surface area contributed by atoms with Gasteiger partial charge in [0, 0.05) is 41.0 Å². The van der Waals surface area contributed by atoms with Gasteiger partial charge < -0.3 is 9.73 Å². The minimum absolute atomic E-state index is 0.00723. The third-order valence-electron chi connectivity index (χ3n) is 5.85. The van der Waals surface area contributed by atoms with Gasteiger partial charge >= 0.3 is 0 Å². The molecule has 6 nitrogen and oxygen atoms in total. The summed E-state index contributed by atoms with van der Waals surface area (Å²) < 4.78 is 5.58. The van der Waals surface area contributed by atoms with E-state index in [0.717, 1.165) is 50.3 Å². The van der Waals surface area contributed by atoms with Crippen molar-refractivity contribution in [1.82, 2.24) is 15.0 Å². The van der Waals surface area contributed by atoms with Gasteiger partial charge in [-0.15, -0.1) is 0 Å². The highest BCUT2D eigenvalue weighted by atomic mass is 16.3. The number of anilines is 1. The SMILES string of the molecule is Cc1nc(NC(C)c2cccc(-c3cncc(C#N)c3)c2)cc(-c2ccc3occ(C)c3c2)n1. The van der Waals surface area contributed by atoms with E-state index in [-0.39, 0.29) is 6.04 Å². The van der Waals surface area contributed by atoms with Crippen molar-refractivity contribution in [2.75, 3.05) is 5.32 Å². The van der Waals surface area contributed by atoms with Crippen molar-refractivity contribution in [3.05, 3.63) is 95.8 Å². The molecule has 0 radical (unpaired) electrons. The maximum absolute atomic E-state index is 9.18. The van der Waals surface area contributed by atoms with Crippen LogP contribution < -0.4 is 5.32 Å². The molecule has 166 valence electrons. The van der Waals surface area contributed by atoms with Crippen molar-refractivity contribution >= 4 is 16.8 Å². The fourth-order valence-corrected chi connectivity index (χ4v) is 4.06. The van der Waals surface area contributed by atoms with Crippen LogP contribution >= 0.6 is 0 Å². The van der Waals surface area contributed by atoms with E-state index in [1.807, 2.05) is 50.2 Å². The molecule has 0 aliphatic heterocycles. The van der Waals surface area contributed by atoms with E-state index in [1.165, 1.54) is 0 Å². The van der Waals surface area contributed by atoms with Gasteiger partial charge in [-0.2, -0.15) is 5.26 Å². The molecule has 0 saturated carbocycles. The minimum Gasteiger partial charge on any atom is -0.464 e. The van der Waals surface area contributed by atoms with E-state index in [0.29, 0.717) is 11.4 Å². The summed E-state index contributed by atoms with van der Waals surface area (Å²) in [6.45, 7) is 6.04. The van der Waals surface area contributed by atoms with Crippen LogP contribution in [0, 0.1) is 25.2 Å². The zero-order valence-corrected chi connectivity index (χ0v) is 19.2. The van der Waals surface area contributed by atoms with Crippen LogP contribution in [0.25, 0.3) is 33.4 Å². The van der Waals surface area contributed by atoms with Crippen molar-refractivity contribution < 1.29 is 4.42 Å². The summed E-state index contributed by atoms with van der Waals surface area (Å²) >= 11 is 0. The van der Waals surface area contributed by atoms with Crippen molar-refractivity contribution in [1.29, 1.82) is 5.26 Å². The quantitative estimate of drug-likeness (QED) is 0.327. The van der Waals surface area contributed by atoms with Crippen LogP contribution in [0.2, 0.25) is 0 Å². The maximum atomic E-state index is 9.18. The molecular weight excluding hydrogens is 422 g/mol. The first-order chi connectivity index (χ1) is 16.5. The Balaban J connectivity index is 1.43. The number of hydrogen-bond acceptors (Lipinski definition) is 6. The molecule has 0 fully saturated rings. The lowest BCUT2D eigenvalue weighted by Gasteiger charge is -2.17. The van der Waals surface area contributed by atoms with E-state index < -0.39 is 0 Å². The number of pyridine rings is 1.